The number of aromatic nitrogens is 2. The quantitative estimate of drug-likeness (QED) is 0.713. The molecule has 7 nitrogen and oxygen atoms in total. The minimum absolute atomic E-state index is 0.281. The van der Waals surface area contributed by atoms with Crippen molar-refractivity contribution in [3.8, 4) is 17.2 Å². The number of piperidine rings is 1. The number of nitrogens with zero attached hydrogens (tertiary/aromatic N) is 3. The van der Waals surface area contributed by atoms with Crippen molar-refractivity contribution in [1.82, 2.24) is 14.9 Å². The van der Waals surface area contributed by atoms with E-state index >= 15 is 0 Å². The zero-order valence-electron chi connectivity index (χ0n) is 17.1. The van der Waals surface area contributed by atoms with Crippen LogP contribution in [0.1, 0.15) is 44.6 Å². The van der Waals surface area contributed by atoms with Gasteiger partial charge < -0.3 is 25.4 Å². The lowest BCUT2D eigenvalue weighted by Crippen LogP contribution is -2.33. The van der Waals surface area contributed by atoms with E-state index in [2.05, 4.69) is 34.0 Å². The highest BCUT2D eigenvalue weighted by atomic mass is 16.5. The molecule has 7 heteroatoms. The average Bonchev–Trinajstić information content (AvgIpc) is 2.71. The topological polar surface area (TPSA) is 85.5 Å². The number of nitrogen functional groups attached to an aromatic ring is 1. The second-order valence-corrected chi connectivity index (χ2v) is 7.43. The molecule has 3 N–H and O–H groups in total. The number of ether oxygens (including phenoxy) is 2. The average molecular weight is 386 g/mol. The number of nitrogens with one attached hydrogen (secondary N) is 1. The van der Waals surface area contributed by atoms with Gasteiger partial charge in [0.1, 0.15) is 11.5 Å². The van der Waals surface area contributed by atoms with Gasteiger partial charge in [-0.15, -0.1) is 0 Å². The molecule has 152 valence electrons. The molecule has 0 atom stereocenters. The van der Waals surface area contributed by atoms with Crippen LogP contribution in [0.3, 0.4) is 0 Å². The van der Waals surface area contributed by atoms with Gasteiger partial charge in [-0.1, -0.05) is 20.3 Å². The molecular formula is C21H31N5O2. The van der Waals surface area contributed by atoms with Gasteiger partial charge in [0.15, 0.2) is 11.6 Å². The lowest BCUT2D eigenvalue weighted by molar-refractivity contribution is 0.237. The van der Waals surface area contributed by atoms with Crippen LogP contribution in [0.4, 0.5) is 11.8 Å². The smallest absolute Gasteiger partial charge is 0.224 e. The summed E-state index contributed by atoms with van der Waals surface area (Å²) in [6, 6.07) is 5.74. The van der Waals surface area contributed by atoms with Crippen molar-refractivity contribution in [1.29, 1.82) is 0 Å². The van der Waals surface area contributed by atoms with E-state index in [1.807, 2.05) is 18.2 Å². The Bertz CT molecular complexity index is 775. The summed E-state index contributed by atoms with van der Waals surface area (Å²) in [7, 11) is 1.66. The molecule has 2 aromatic rings. The van der Waals surface area contributed by atoms with E-state index in [4.69, 9.17) is 15.2 Å². The van der Waals surface area contributed by atoms with Gasteiger partial charge in [-0.25, -0.2) is 4.98 Å². The first-order valence-corrected chi connectivity index (χ1v) is 10.0. The zero-order valence-corrected chi connectivity index (χ0v) is 17.1. The molecule has 1 aromatic heterocycles. The molecule has 1 aliphatic heterocycles. The van der Waals surface area contributed by atoms with E-state index in [9.17, 15) is 0 Å². The standard InChI is InChI=1S/C21H31N5O2/c1-15(2)17-13-16(27-3)7-8-18(17)28-19-14-24-21(25-20(19)22)23-9-12-26-10-5-4-6-11-26/h7-8,13-15H,4-6,9-12H2,1-3H3,(H3,22,23,24,25). The number of likely N-dealkylation sites (tertiary alicyclic amines) is 1. The Balaban J connectivity index is 1.62. The second kappa shape index (κ2) is 9.59. The van der Waals surface area contributed by atoms with Crippen molar-refractivity contribution in [2.45, 2.75) is 39.0 Å². The molecule has 1 aliphatic rings. The third-order valence-electron chi connectivity index (χ3n) is 5.00. The Morgan fingerprint density at radius 3 is 2.64 bits per heavy atom. The highest BCUT2D eigenvalue weighted by molar-refractivity contribution is 5.52. The third-order valence-corrected chi connectivity index (χ3v) is 5.00. The van der Waals surface area contributed by atoms with E-state index in [0.717, 1.165) is 30.2 Å². The van der Waals surface area contributed by atoms with Gasteiger partial charge in [0.05, 0.1) is 13.3 Å². The predicted molar refractivity (Wildman–Crippen MR) is 112 cm³/mol. The molecule has 1 fully saturated rings. The van der Waals surface area contributed by atoms with Gasteiger partial charge in [0.2, 0.25) is 5.95 Å². The minimum atomic E-state index is 0.281. The van der Waals surface area contributed by atoms with Crippen molar-refractivity contribution in [2.75, 3.05) is 44.3 Å². The predicted octanol–water partition coefficient (Wildman–Crippen LogP) is 3.88. The van der Waals surface area contributed by atoms with E-state index in [0.29, 0.717) is 17.5 Å². The molecule has 0 spiro atoms. The molecule has 1 aromatic carbocycles. The summed E-state index contributed by atoms with van der Waals surface area (Å²) < 4.78 is 11.3. The maximum absolute atomic E-state index is 6.11. The molecule has 0 unspecified atom stereocenters. The van der Waals surface area contributed by atoms with Gasteiger partial charge in [-0.2, -0.15) is 4.98 Å². The van der Waals surface area contributed by atoms with E-state index in [-0.39, 0.29) is 5.92 Å². The first-order chi connectivity index (χ1) is 13.6. The first-order valence-electron chi connectivity index (χ1n) is 10.0. The molecule has 0 aliphatic carbocycles. The monoisotopic (exact) mass is 385 g/mol. The molecule has 1 saturated heterocycles. The molecule has 0 radical (unpaired) electrons. The number of nitrogens with two attached hydrogens (primary N) is 1. The maximum Gasteiger partial charge on any atom is 0.224 e. The van der Waals surface area contributed by atoms with Crippen LogP contribution in [0.25, 0.3) is 0 Å². The Labute approximate surface area is 167 Å². The first kappa shape index (κ1) is 20.2. The second-order valence-electron chi connectivity index (χ2n) is 7.43. The van der Waals surface area contributed by atoms with Gasteiger partial charge in [-0.3, -0.25) is 0 Å². The van der Waals surface area contributed by atoms with Crippen LogP contribution >= 0.6 is 0 Å². The van der Waals surface area contributed by atoms with Crippen LogP contribution in [-0.2, 0) is 0 Å². The highest BCUT2D eigenvalue weighted by Crippen LogP contribution is 2.35. The SMILES string of the molecule is COc1ccc(Oc2cnc(NCCN3CCCCC3)nc2N)c(C(C)C)c1. The summed E-state index contributed by atoms with van der Waals surface area (Å²) in [5.41, 5.74) is 7.16. The third kappa shape index (κ3) is 5.25. The van der Waals surface area contributed by atoms with Crippen LogP contribution in [0.15, 0.2) is 24.4 Å². The van der Waals surface area contributed by atoms with Crippen LogP contribution in [-0.4, -0.2) is 48.2 Å². The Hall–Kier alpha value is -2.54. The summed E-state index contributed by atoms with van der Waals surface area (Å²) in [5, 5.41) is 3.25. The molecular weight excluding hydrogens is 354 g/mol. The van der Waals surface area contributed by atoms with E-state index < -0.39 is 0 Å². The summed E-state index contributed by atoms with van der Waals surface area (Å²) in [6.07, 6.45) is 5.55. The fourth-order valence-electron chi connectivity index (χ4n) is 3.37. The van der Waals surface area contributed by atoms with Gasteiger partial charge in [0, 0.05) is 18.7 Å². The number of benzene rings is 1. The maximum atomic E-state index is 6.11. The number of anilines is 2. The number of hydrogen-bond donors (Lipinski definition) is 2. The minimum Gasteiger partial charge on any atom is -0.497 e. The van der Waals surface area contributed by atoms with Crippen molar-refractivity contribution >= 4 is 11.8 Å². The van der Waals surface area contributed by atoms with Gasteiger partial charge >= 0.3 is 0 Å². The molecule has 0 bridgehead atoms. The summed E-state index contributed by atoms with van der Waals surface area (Å²) in [6.45, 7) is 8.36. The number of methoxy groups -OCH3 is 1. The molecule has 28 heavy (non-hydrogen) atoms. The van der Waals surface area contributed by atoms with Crippen LogP contribution in [0.5, 0.6) is 17.2 Å². The fraction of sp³-hybridized carbons (Fsp3) is 0.524. The fourth-order valence-corrected chi connectivity index (χ4v) is 3.37. The van der Waals surface area contributed by atoms with Crippen LogP contribution in [0, 0.1) is 0 Å². The van der Waals surface area contributed by atoms with Crippen molar-refractivity contribution in [3.63, 3.8) is 0 Å². The van der Waals surface area contributed by atoms with Crippen molar-refractivity contribution < 1.29 is 9.47 Å². The molecule has 0 amide bonds. The Morgan fingerprint density at radius 1 is 1.18 bits per heavy atom. The van der Waals surface area contributed by atoms with Gasteiger partial charge in [-0.05, 0) is 50.0 Å². The number of hydrogen-bond acceptors (Lipinski definition) is 7. The summed E-state index contributed by atoms with van der Waals surface area (Å²) in [4.78, 5) is 11.2. The zero-order chi connectivity index (χ0) is 19.9. The van der Waals surface area contributed by atoms with Gasteiger partial charge in [0.25, 0.3) is 0 Å². The molecule has 0 saturated carbocycles. The van der Waals surface area contributed by atoms with Crippen LogP contribution < -0.4 is 20.5 Å². The van der Waals surface area contributed by atoms with Crippen LogP contribution in [0.2, 0.25) is 0 Å². The summed E-state index contributed by atoms with van der Waals surface area (Å²) in [5.74, 6) is 3.11. The Kier molecular flexibility index (Phi) is 6.92. The van der Waals surface area contributed by atoms with Crippen molar-refractivity contribution in [3.05, 3.63) is 30.0 Å². The normalized spacial score (nSPS) is 14.9. The molecule has 2 heterocycles. The highest BCUT2D eigenvalue weighted by Gasteiger charge is 2.14. The Morgan fingerprint density at radius 2 is 1.96 bits per heavy atom. The van der Waals surface area contributed by atoms with E-state index in [1.54, 1.807) is 13.3 Å². The van der Waals surface area contributed by atoms with E-state index in [1.165, 1.54) is 32.4 Å². The largest absolute Gasteiger partial charge is 0.497 e. The number of rotatable bonds is 8. The lowest BCUT2D eigenvalue weighted by atomic mass is 10.0. The molecule has 3 rings (SSSR count). The lowest BCUT2D eigenvalue weighted by Gasteiger charge is -2.26. The van der Waals surface area contributed by atoms with Crippen molar-refractivity contribution in [2.24, 2.45) is 0 Å². The summed E-state index contributed by atoms with van der Waals surface area (Å²) >= 11 is 0.